The molecule has 0 spiro atoms. The Morgan fingerprint density at radius 3 is 2.33 bits per heavy atom. The molecule has 0 aromatic heterocycles. The van der Waals surface area contributed by atoms with Crippen LogP contribution in [0.25, 0.3) is 0 Å². The summed E-state index contributed by atoms with van der Waals surface area (Å²) in [6.07, 6.45) is 0.241. The number of aryl methyl sites for hydroxylation is 1. The molecule has 176 valence electrons. The predicted octanol–water partition coefficient (Wildman–Crippen LogP) is 3.29. The number of halogens is 1. The van der Waals surface area contributed by atoms with E-state index in [9.17, 15) is 9.59 Å². The molecule has 8 heteroatoms. The van der Waals surface area contributed by atoms with Crippen LogP contribution in [0.4, 0.5) is 0 Å². The molecule has 2 aliphatic heterocycles. The van der Waals surface area contributed by atoms with Crippen LogP contribution >= 0.6 is 11.6 Å². The summed E-state index contributed by atoms with van der Waals surface area (Å²) in [5, 5.41) is 0.687. The lowest BCUT2D eigenvalue weighted by Gasteiger charge is -2.29. The number of hydrogen-bond donors (Lipinski definition) is 1. The average molecular weight is 472 g/mol. The molecule has 2 aromatic carbocycles. The van der Waals surface area contributed by atoms with Gasteiger partial charge >= 0.3 is 0 Å². The van der Waals surface area contributed by atoms with E-state index in [1.54, 1.807) is 32.4 Å². The molecule has 2 fully saturated rings. The molecule has 4 rings (SSSR count). The number of amides is 2. The quantitative estimate of drug-likeness (QED) is 0.669. The van der Waals surface area contributed by atoms with Gasteiger partial charge in [-0.05, 0) is 48.1 Å². The van der Waals surface area contributed by atoms with E-state index >= 15 is 0 Å². The molecule has 2 heterocycles. The molecule has 3 atom stereocenters. The van der Waals surface area contributed by atoms with Crippen molar-refractivity contribution >= 4 is 23.4 Å². The summed E-state index contributed by atoms with van der Waals surface area (Å²) in [7, 11) is 3.14. The van der Waals surface area contributed by atoms with Crippen molar-refractivity contribution in [1.29, 1.82) is 0 Å². The van der Waals surface area contributed by atoms with Crippen LogP contribution in [-0.4, -0.2) is 62.0 Å². The van der Waals surface area contributed by atoms with Crippen LogP contribution in [0.2, 0.25) is 5.02 Å². The SMILES string of the molecule is COc1ccc(C(=O)N2CC3CN(C(CC(N)=O)c4ccc(C)c(Cl)c4)CC3C2)c(OC)c1. The molecule has 0 aliphatic carbocycles. The summed E-state index contributed by atoms with van der Waals surface area (Å²) in [6.45, 7) is 4.91. The van der Waals surface area contributed by atoms with E-state index < -0.39 is 0 Å². The molecule has 2 aliphatic rings. The van der Waals surface area contributed by atoms with Crippen LogP contribution in [0.15, 0.2) is 36.4 Å². The predicted molar refractivity (Wildman–Crippen MR) is 127 cm³/mol. The average Bonchev–Trinajstić information content (AvgIpc) is 3.37. The lowest BCUT2D eigenvalue weighted by Crippen LogP contribution is -2.36. The Bertz CT molecular complexity index is 1050. The number of benzene rings is 2. The van der Waals surface area contributed by atoms with Crippen LogP contribution in [0.5, 0.6) is 11.5 Å². The first kappa shape index (κ1) is 23.4. The highest BCUT2D eigenvalue weighted by Gasteiger charge is 2.44. The first-order chi connectivity index (χ1) is 15.8. The van der Waals surface area contributed by atoms with Crippen LogP contribution in [-0.2, 0) is 4.79 Å². The van der Waals surface area contributed by atoms with E-state index in [1.165, 1.54) is 0 Å². The second kappa shape index (κ2) is 9.61. The Hall–Kier alpha value is -2.77. The number of fused-ring (bicyclic) bond motifs is 1. The second-order valence-electron chi connectivity index (χ2n) is 8.95. The zero-order valence-electron chi connectivity index (χ0n) is 19.2. The maximum atomic E-state index is 13.2. The summed E-state index contributed by atoms with van der Waals surface area (Å²) in [4.78, 5) is 29.3. The second-order valence-corrected chi connectivity index (χ2v) is 9.35. The van der Waals surface area contributed by atoms with E-state index in [-0.39, 0.29) is 24.3 Å². The van der Waals surface area contributed by atoms with Gasteiger partial charge in [-0.1, -0.05) is 23.7 Å². The third kappa shape index (κ3) is 4.80. The Labute approximate surface area is 199 Å². The molecule has 3 unspecified atom stereocenters. The summed E-state index contributed by atoms with van der Waals surface area (Å²) in [5.41, 5.74) is 8.12. The van der Waals surface area contributed by atoms with Crippen molar-refractivity contribution < 1.29 is 19.1 Å². The molecule has 0 radical (unpaired) electrons. The molecular weight excluding hydrogens is 442 g/mol. The molecule has 2 amide bonds. The topological polar surface area (TPSA) is 85.1 Å². The van der Waals surface area contributed by atoms with E-state index in [4.69, 9.17) is 26.8 Å². The van der Waals surface area contributed by atoms with E-state index in [2.05, 4.69) is 4.90 Å². The first-order valence-electron chi connectivity index (χ1n) is 11.1. The van der Waals surface area contributed by atoms with Gasteiger partial charge in [0.25, 0.3) is 5.91 Å². The highest BCUT2D eigenvalue weighted by atomic mass is 35.5. The van der Waals surface area contributed by atoms with Crippen LogP contribution in [0.3, 0.4) is 0 Å². The number of carbonyl (C=O) groups excluding carboxylic acids is 2. The molecule has 0 saturated carbocycles. The van der Waals surface area contributed by atoms with Crippen molar-refractivity contribution in [3.8, 4) is 11.5 Å². The van der Waals surface area contributed by atoms with Crippen LogP contribution in [0, 0.1) is 18.8 Å². The fourth-order valence-electron chi connectivity index (χ4n) is 5.06. The highest BCUT2D eigenvalue weighted by molar-refractivity contribution is 6.31. The standard InChI is InChI=1S/C25H30ClN3O4/c1-15-4-5-16(8-21(15)26)22(10-24(27)30)28-11-17-13-29(14-18(17)12-28)25(31)20-7-6-19(32-2)9-23(20)33-3/h4-9,17-18,22H,10-14H2,1-3H3,(H2,27,30). The number of rotatable bonds is 7. The summed E-state index contributed by atoms with van der Waals surface area (Å²) >= 11 is 6.36. The van der Waals surface area contributed by atoms with Crippen molar-refractivity contribution in [2.75, 3.05) is 40.4 Å². The number of primary amides is 1. The molecule has 2 aromatic rings. The number of carbonyl (C=O) groups is 2. The van der Waals surface area contributed by atoms with Crippen molar-refractivity contribution in [3.63, 3.8) is 0 Å². The number of ether oxygens (including phenoxy) is 2. The van der Waals surface area contributed by atoms with Gasteiger partial charge in [0, 0.05) is 49.7 Å². The number of hydrogen-bond acceptors (Lipinski definition) is 5. The third-order valence-electron chi connectivity index (χ3n) is 6.86. The molecule has 7 nitrogen and oxygen atoms in total. The minimum Gasteiger partial charge on any atom is -0.497 e. The highest BCUT2D eigenvalue weighted by Crippen LogP contribution is 2.39. The van der Waals surface area contributed by atoms with Crippen LogP contribution < -0.4 is 15.2 Å². The summed E-state index contributed by atoms with van der Waals surface area (Å²) < 4.78 is 10.7. The monoisotopic (exact) mass is 471 g/mol. The number of likely N-dealkylation sites (tertiary alicyclic amines) is 2. The lowest BCUT2D eigenvalue weighted by atomic mass is 10.0. The van der Waals surface area contributed by atoms with Gasteiger partial charge in [-0.2, -0.15) is 0 Å². The van der Waals surface area contributed by atoms with Gasteiger partial charge in [0.1, 0.15) is 11.5 Å². The first-order valence-corrected chi connectivity index (χ1v) is 11.5. The van der Waals surface area contributed by atoms with Crippen molar-refractivity contribution in [2.24, 2.45) is 17.6 Å². The molecule has 2 N–H and O–H groups in total. The van der Waals surface area contributed by atoms with Gasteiger partial charge in [-0.15, -0.1) is 0 Å². The Kier molecular flexibility index (Phi) is 6.81. The zero-order chi connectivity index (χ0) is 23.7. The maximum absolute atomic E-state index is 13.2. The normalized spacial score (nSPS) is 21.0. The largest absolute Gasteiger partial charge is 0.497 e. The number of nitrogens with zero attached hydrogens (tertiary/aromatic N) is 2. The number of methoxy groups -OCH3 is 2. The van der Waals surface area contributed by atoms with Crippen molar-refractivity contribution in [3.05, 3.63) is 58.1 Å². The lowest BCUT2D eigenvalue weighted by molar-refractivity contribution is -0.119. The minimum absolute atomic E-state index is 0.0329. The van der Waals surface area contributed by atoms with Gasteiger partial charge < -0.3 is 20.1 Å². The smallest absolute Gasteiger partial charge is 0.257 e. The third-order valence-corrected chi connectivity index (χ3v) is 7.26. The van der Waals surface area contributed by atoms with Gasteiger partial charge in [0.05, 0.1) is 19.8 Å². The van der Waals surface area contributed by atoms with Gasteiger partial charge in [-0.25, -0.2) is 0 Å². The fraction of sp³-hybridized carbons (Fsp3) is 0.440. The van der Waals surface area contributed by atoms with E-state index in [0.717, 1.165) is 24.2 Å². The fourth-order valence-corrected chi connectivity index (χ4v) is 5.25. The Balaban J connectivity index is 1.47. The van der Waals surface area contributed by atoms with Crippen LogP contribution in [0.1, 0.15) is 33.9 Å². The molecule has 2 saturated heterocycles. The van der Waals surface area contributed by atoms with Gasteiger partial charge in [-0.3, -0.25) is 14.5 Å². The number of nitrogens with two attached hydrogens (primary N) is 1. The Morgan fingerprint density at radius 1 is 1.06 bits per heavy atom. The minimum atomic E-state index is -0.336. The summed E-state index contributed by atoms with van der Waals surface area (Å²) in [6, 6.07) is 11.1. The van der Waals surface area contributed by atoms with Gasteiger partial charge in [0.2, 0.25) is 5.91 Å². The van der Waals surface area contributed by atoms with Gasteiger partial charge in [0.15, 0.2) is 0 Å². The molecular formula is C25H30ClN3O4. The van der Waals surface area contributed by atoms with E-state index in [1.807, 2.05) is 30.0 Å². The zero-order valence-corrected chi connectivity index (χ0v) is 20.0. The maximum Gasteiger partial charge on any atom is 0.257 e. The summed E-state index contributed by atoms with van der Waals surface area (Å²) in [5.74, 6) is 1.47. The van der Waals surface area contributed by atoms with Crippen molar-refractivity contribution in [1.82, 2.24) is 9.80 Å². The van der Waals surface area contributed by atoms with Crippen molar-refractivity contribution in [2.45, 2.75) is 19.4 Å². The van der Waals surface area contributed by atoms with E-state index in [0.29, 0.717) is 47.0 Å². The Morgan fingerprint density at radius 2 is 1.76 bits per heavy atom. The molecule has 0 bridgehead atoms. The molecule has 33 heavy (non-hydrogen) atoms.